The van der Waals surface area contributed by atoms with Crippen molar-refractivity contribution in [3.05, 3.63) is 29.8 Å². The maximum absolute atomic E-state index is 5.30. The molecular formula is C13H22IN3O. The number of rotatable bonds is 3. The minimum absolute atomic E-state index is 0. The molecule has 18 heavy (non-hydrogen) atoms. The van der Waals surface area contributed by atoms with Crippen molar-refractivity contribution in [3.8, 4) is 5.75 Å². The summed E-state index contributed by atoms with van der Waals surface area (Å²) in [6, 6.07) is 7.95. The normalized spacial score (nSPS) is 9.17. The number of nitrogens with zero attached hydrogens (tertiary/aromatic N) is 3. The van der Waals surface area contributed by atoms with Crippen LogP contribution in [-0.2, 0) is 6.54 Å². The first-order chi connectivity index (χ1) is 8.06. The van der Waals surface area contributed by atoms with E-state index in [9.17, 15) is 0 Å². The van der Waals surface area contributed by atoms with E-state index in [0.717, 1.165) is 17.3 Å². The van der Waals surface area contributed by atoms with Gasteiger partial charge in [0.25, 0.3) is 0 Å². The zero-order valence-electron chi connectivity index (χ0n) is 11.7. The van der Waals surface area contributed by atoms with Crippen molar-refractivity contribution in [2.24, 2.45) is 4.99 Å². The molecule has 102 valence electrons. The van der Waals surface area contributed by atoms with Crippen molar-refractivity contribution >= 4 is 29.9 Å². The third kappa shape index (κ3) is 4.72. The Labute approximate surface area is 127 Å². The monoisotopic (exact) mass is 363 g/mol. The van der Waals surface area contributed by atoms with Crippen LogP contribution >= 0.6 is 24.0 Å². The van der Waals surface area contributed by atoms with Crippen LogP contribution in [0.5, 0.6) is 5.75 Å². The fraction of sp³-hybridized carbons (Fsp3) is 0.462. The van der Waals surface area contributed by atoms with Crippen molar-refractivity contribution in [1.29, 1.82) is 0 Å². The van der Waals surface area contributed by atoms with Crippen LogP contribution in [-0.4, -0.2) is 51.1 Å². The van der Waals surface area contributed by atoms with E-state index in [4.69, 9.17) is 4.74 Å². The smallest absolute Gasteiger partial charge is 0.195 e. The molecule has 0 bridgehead atoms. The van der Waals surface area contributed by atoms with Gasteiger partial charge in [0.2, 0.25) is 0 Å². The highest BCUT2D eigenvalue weighted by atomic mass is 127. The fourth-order valence-corrected chi connectivity index (χ4v) is 1.67. The van der Waals surface area contributed by atoms with Gasteiger partial charge in [-0.25, -0.2) is 4.99 Å². The molecule has 1 rings (SSSR count). The number of methoxy groups -OCH3 is 1. The number of guanidine groups is 1. The summed E-state index contributed by atoms with van der Waals surface area (Å²) in [4.78, 5) is 8.58. The lowest BCUT2D eigenvalue weighted by atomic mass is 10.2. The van der Waals surface area contributed by atoms with Gasteiger partial charge in [-0.1, -0.05) is 18.2 Å². The summed E-state index contributed by atoms with van der Waals surface area (Å²) >= 11 is 0. The molecule has 0 saturated carbocycles. The maximum atomic E-state index is 5.30. The van der Waals surface area contributed by atoms with Crippen molar-refractivity contribution in [3.63, 3.8) is 0 Å². The van der Waals surface area contributed by atoms with Crippen molar-refractivity contribution in [1.82, 2.24) is 9.80 Å². The van der Waals surface area contributed by atoms with Gasteiger partial charge in [-0.05, 0) is 6.07 Å². The Morgan fingerprint density at radius 3 is 2.17 bits per heavy atom. The molecular weight excluding hydrogens is 341 g/mol. The molecule has 0 aromatic heterocycles. The summed E-state index contributed by atoms with van der Waals surface area (Å²) in [6.45, 7) is 0.621. The van der Waals surface area contributed by atoms with Gasteiger partial charge >= 0.3 is 0 Å². The summed E-state index contributed by atoms with van der Waals surface area (Å²) < 4.78 is 5.30. The van der Waals surface area contributed by atoms with E-state index in [1.54, 1.807) is 7.11 Å². The van der Waals surface area contributed by atoms with E-state index < -0.39 is 0 Å². The third-order valence-electron chi connectivity index (χ3n) is 2.38. The van der Waals surface area contributed by atoms with E-state index in [1.807, 2.05) is 62.3 Å². The first kappa shape index (κ1) is 17.0. The zero-order chi connectivity index (χ0) is 12.8. The molecule has 0 spiro atoms. The average Bonchev–Trinajstić information content (AvgIpc) is 2.29. The van der Waals surface area contributed by atoms with Crippen LogP contribution in [0.3, 0.4) is 0 Å². The minimum Gasteiger partial charge on any atom is -0.496 e. The van der Waals surface area contributed by atoms with Gasteiger partial charge in [-0.2, -0.15) is 0 Å². The Balaban J connectivity index is 0.00000289. The van der Waals surface area contributed by atoms with Gasteiger partial charge in [-0.3, -0.25) is 0 Å². The number of hydrogen-bond acceptors (Lipinski definition) is 2. The van der Waals surface area contributed by atoms with Crippen molar-refractivity contribution in [2.75, 3.05) is 35.3 Å². The Kier molecular flexibility index (Phi) is 7.73. The quantitative estimate of drug-likeness (QED) is 0.469. The Morgan fingerprint density at radius 1 is 1.11 bits per heavy atom. The van der Waals surface area contributed by atoms with E-state index in [1.165, 1.54) is 0 Å². The second kappa shape index (κ2) is 8.18. The standard InChI is InChI=1S/C13H21N3O.HI/c1-15(2)13(16(3)4)14-10-11-8-6-7-9-12(11)17-5;/h6-9H,10H2,1-5H3;1H. The van der Waals surface area contributed by atoms with Gasteiger partial charge in [0.15, 0.2) is 5.96 Å². The number of halogens is 1. The van der Waals surface area contributed by atoms with Crippen LogP contribution in [0.15, 0.2) is 29.3 Å². The molecule has 0 amide bonds. The molecule has 0 heterocycles. The first-order valence-corrected chi connectivity index (χ1v) is 5.57. The van der Waals surface area contributed by atoms with Crippen LogP contribution < -0.4 is 4.74 Å². The molecule has 0 atom stereocenters. The Bertz CT molecular complexity index is 382. The third-order valence-corrected chi connectivity index (χ3v) is 2.38. The van der Waals surface area contributed by atoms with E-state index in [0.29, 0.717) is 6.54 Å². The SMILES string of the molecule is COc1ccccc1CN=C(N(C)C)N(C)C.I. The van der Waals surface area contributed by atoms with Gasteiger partial charge in [0.05, 0.1) is 13.7 Å². The van der Waals surface area contributed by atoms with Crippen LogP contribution in [0.2, 0.25) is 0 Å². The van der Waals surface area contributed by atoms with E-state index in [-0.39, 0.29) is 24.0 Å². The minimum atomic E-state index is 0. The summed E-state index contributed by atoms with van der Waals surface area (Å²) in [5, 5.41) is 0. The Morgan fingerprint density at radius 2 is 1.67 bits per heavy atom. The van der Waals surface area contributed by atoms with Gasteiger partial charge < -0.3 is 14.5 Å². The molecule has 0 unspecified atom stereocenters. The number of para-hydroxylation sites is 1. The summed E-state index contributed by atoms with van der Waals surface area (Å²) in [7, 11) is 9.63. The average molecular weight is 363 g/mol. The number of benzene rings is 1. The predicted molar refractivity (Wildman–Crippen MR) is 86.9 cm³/mol. The molecule has 0 fully saturated rings. The lowest BCUT2D eigenvalue weighted by molar-refractivity contribution is 0.409. The summed E-state index contributed by atoms with van der Waals surface area (Å²) in [6.07, 6.45) is 0. The molecule has 0 radical (unpaired) electrons. The molecule has 5 heteroatoms. The highest BCUT2D eigenvalue weighted by Crippen LogP contribution is 2.18. The molecule has 4 nitrogen and oxygen atoms in total. The molecule has 1 aromatic carbocycles. The predicted octanol–water partition coefficient (Wildman–Crippen LogP) is 2.29. The van der Waals surface area contributed by atoms with Crippen LogP contribution in [0.1, 0.15) is 5.56 Å². The Hall–Kier alpha value is -0.980. The topological polar surface area (TPSA) is 28.1 Å². The summed E-state index contributed by atoms with van der Waals surface area (Å²) in [5.41, 5.74) is 1.09. The maximum Gasteiger partial charge on any atom is 0.195 e. The van der Waals surface area contributed by atoms with Crippen molar-refractivity contribution < 1.29 is 4.74 Å². The highest BCUT2D eigenvalue weighted by molar-refractivity contribution is 14.0. The highest BCUT2D eigenvalue weighted by Gasteiger charge is 2.05. The van der Waals surface area contributed by atoms with E-state index in [2.05, 4.69) is 4.99 Å². The van der Waals surface area contributed by atoms with Crippen molar-refractivity contribution in [2.45, 2.75) is 6.54 Å². The second-order valence-corrected chi connectivity index (χ2v) is 4.22. The van der Waals surface area contributed by atoms with Crippen LogP contribution in [0.4, 0.5) is 0 Å². The molecule has 0 saturated heterocycles. The first-order valence-electron chi connectivity index (χ1n) is 5.57. The number of ether oxygens (including phenoxy) is 1. The fourth-order valence-electron chi connectivity index (χ4n) is 1.67. The largest absolute Gasteiger partial charge is 0.496 e. The van der Waals surface area contributed by atoms with Gasteiger partial charge in [0.1, 0.15) is 5.75 Å². The zero-order valence-corrected chi connectivity index (χ0v) is 14.0. The lowest BCUT2D eigenvalue weighted by Crippen LogP contribution is -2.35. The summed E-state index contributed by atoms with van der Waals surface area (Å²) in [5.74, 6) is 1.82. The molecule has 0 aliphatic rings. The number of aliphatic imine (C=N–C) groups is 1. The lowest BCUT2D eigenvalue weighted by Gasteiger charge is -2.22. The van der Waals surface area contributed by atoms with E-state index >= 15 is 0 Å². The molecule has 0 aliphatic carbocycles. The van der Waals surface area contributed by atoms with Crippen LogP contribution in [0, 0.1) is 0 Å². The van der Waals surface area contributed by atoms with Crippen LogP contribution in [0.25, 0.3) is 0 Å². The molecule has 0 aliphatic heterocycles. The van der Waals surface area contributed by atoms with Gasteiger partial charge in [-0.15, -0.1) is 24.0 Å². The molecule has 1 aromatic rings. The molecule has 0 N–H and O–H groups in total. The second-order valence-electron chi connectivity index (χ2n) is 4.22. The van der Waals surface area contributed by atoms with Gasteiger partial charge in [0, 0.05) is 33.8 Å². The number of hydrogen-bond donors (Lipinski definition) is 0.